The molecule has 0 heterocycles. The fraction of sp³-hybridized carbons (Fsp3) is 0.312. The largest absolute Gasteiger partial charge is 0.268 e. The van der Waals surface area contributed by atoms with Crippen molar-refractivity contribution >= 4 is 39.7 Å². The molecular weight excluding hydrogens is 322 g/mol. The first kappa shape index (κ1) is 16.8. The third-order valence-electron chi connectivity index (χ3n) is 3.61. The van der Waals surface area contributed by atoms with Crippen molar-refractivity contribution in [1.29, 1.82) is 0 Å². The van der Waals surface area contributed by atoms with Crippen molar-refractivity contribution in [3.63, 3.8) is 0 Å². The predicted octanol–water partition coefficient (Wildman–Crippen LogP) is 1.72. The molecule has 0 saturated carbocycles. The summed E-state index contributed by atoms with van der Waals surface area (Å²) in [6.07, 6.45) is 7.53. The number of sulfonamides is 1. The van der Waals surface area contributed by atoms with E-state index >= 15 is 0 Å². The minimum Gasteiger partial charge on any atom is -0.268 e. The first-order valence-electron chi connectivity index (χ1n) is 7.07. The molecule has 2 rings (SSSR count). The molecule has 0 radical (unpaired) electrons. The molecule has 1 aliphatic rings. The predicted molar refractivity (Wildman–Crippen MR) is 89.5 cm³/mol. The molecule has 1 N–H and O–H groups in total. The second-order valence-electron chi connectivity index (χ2n) is 5.11. The number of fused-ring (bicyclic) bond motifs is 1. The van der Waals surface area contributed by atoms with E-state index < -0.39 is 21.2 Å². The number of amides is 1. The number of carbonyl (C=O) groups excluding carboxylic acids is 1. The lowest BCUT2D eigenvalue weighted by atomic mass is 10.1. The van der Waals surface area contributed by atoms with E-state index in [4.69, 9.17) is 11.6 Å². The van der Waals surface area contributed by atoms with E-state index in [9.17, 15) is 13.2 Å². The van der Waals surface area contributed by atoms with Crippen molar-refractivity contribution in [3.8, 4) is 0 Å². The van der Waals surface area contributed by atoms with Gasteiger partial charge in [-0.2, -0.15) is 0 Å². The Balaban J connectivity index is 2.37. The Morgan fingerprint density at radius 3 is 2.50 bits per heavy atom. The summed E-state index contributed by atoms with van der Waals surface area (Å²) in [6.45, 7) is 5.20. The molecule has 0 aliphatic heterocycles. The lowest BCUT2D eigenvalue weighted by Crippen LogP contribution is -2.38. The van der Waals surface area contributed by atoms with Crippen LogP contribution in [0.4, 0.5) is 0 Å². The fourth-order valence-electron chi connectivity index (χ4n) is 2.38. The van der Waals surface area contributed by atoms with Gasteiger partial charge in [-0.15, -0.1) is 6.58 Å². The number of nitrogens with one attached hydrogen (secondary N) is 1. The monoisotopic (exact) mass is 339 g/mol. The third kappa shape index (κ3) is 3.42. The van der Waals surface area contributed by atoms with Gasteiger partial charge in [0.2, 0.25) is 10.0 Å². The quantitative estimate of drug-likeness (QED) is 0.831. The molecule has 0 aromatic heterocycles. The average Bonchev–Trinajstić information content (AvgIpc) is 2.46. The van der Waals surface area contributed by atoms with Crippen LogP contribution in [-0.4, -0.2) is 19.6 Å². The van der Waals surface area contributed by atoms with E-state index in [-0.39, 0.29) is 10.6 Å². The Morgan fingerprint density at radius 1 is 1.36 bits per heavy atom. The van der Waals surface area contributed by atoms with Gasteiger partial charge in [-0.1, -0.05) is 36.8 Å². The van der Waals surface area contributed by atoms with Gasteiger partial charge < -0.3 is 0 Å². The number of rotatable bonds is 5. The zero-order valence-corrected chi connectivity index (χ0v) is 13.9. The number of hydrogen-bond acceptors (Lipinski definition) is 3. The summed E-state index contributed by atoms with van der Waals surface area (Å²) in [4.78, 5) is 12.3. The molecule has 22 heavy (non-hydrogen) atoms. The Kier molecular flexibility index (Phi) is 5.08. The minimum absolute atomic E-state index is 0.162. The van der Waals surface area contributed by atoms with Gasteiger partial charge in [0.1, 0.15) is 0 Å². The van der Waals surface area contributed by atoms with Gasteiger partial charge in [0, 0.05) is 0 Å². The molecule has 6 heteroatoms. The van der Waals surface area contributed by atoms with Crippen LogP contribution >= 0.6 is 11.6 Å². The average molecular weight is 340 g/mol. The third-order valence-corrected chi connectivity index (χ3v) is 5.72. The van der Waals surface area contributed by atoms with Gasteiger partial charge >= 0.3 is 0 Å². The van der Waals surface area contributed by atoms with Crippen LogP contribution in [0.15, 0.2) is 24.8 Å². The molecule has 1 atom stereocenters. The number of hydrogen-bond donors (Lipinski definition) is 1. The molecule has 0 fully saturated rings. The van der Waals surface area contributed by atoms with Gasteiger partial charge in [0.25, 0.3) is 5.91 Å². The molecular formula is C16H18ClNO3S. The lowest BCUT2D eigenvalue weighted by molar-refractivity contribution is 0.0981. The van der Waals surface area contributed by atoms with E-state index in [1.54, 1.807) is 19.1 Å². The van der Waals surface area contributed by atoms with Gasteiger partial charge in [-0.05, 0) is 41.8 Å². The summed E-state index contributed by atoms with van der Waals surface area (Å²) >= 11 is 6.12. The van der Waals surface area contributed by atoms with Crippen molar-refractivity contribution < 1.29 is 13.2 Å². The molecule has 118 valence electrons. The highest BCUT2D eigenvalue weighted by molar-refractivity contribution is 7.90. The van der Waals surface area contributed by atoms with Crippen LogP contribution in [0.3, 0.4) is 0 Å². The first-order chi connectivity index (χ1) is 10.4. The molecule has 0 spiro atoms. The molecule has 1 aromatic carbocycles. The second-order valence-corrected chi connectivity index (χ2v) is 7.41. The van der Waals surface area contributed by atoms with Crippen LogP contribution in [0.2, 0.25) is 5.02 Å². The smallest absolute Gasteiger partial charge is 0.266 e. The molecule has 0 saturated heterocycles. The van der Waals surface area contributed by atoms with E-state index in [2.05, 4.69) is 11.3 Å². The molecule has 0 unspecified atom stereocenters. The van der Waals surface area contributed by atoms with Crippen LogP contribution in [-0.2, 0) is 10.0 Å². The van der Waals surface area contributed by atoms with E-state index in [0.29, 0.717) is 6.42 Å². The molecule has 1 amide bonds. The van der Waals surface area contributed by atoms with Gasteiger partial charge in [0.15, 0.2) is 0 Å². The van der Waals surface area contributed by atoms with E-state index in [0.717, 1.165) is 23.3 Å². The lowest BCUT2D eigenvalue weighted by Gasteiger charge is -2.13. The number of benzene rings is 1. The van der Waals surface area contributed by atoms with Crippen LogP contribution in [0, 0.1) is 0 Å². The van der Waals surface area contributed by atoms with Crippen molar-refractivity contribution in [2.75, 3.05) is 0 Å². The van der Waals surface area contributed by atoms with Crippen molar-refractivity contribution in [1.82, 2.24) is 4.72 Å². The first-order valence-corrected chi connectivity index (χ1v) is 9.00. The van der Waals surface area contributed by atoms with Crippen molar-refractivity contribution in [2.24, 2.45) is 0 Å². The summed E-state index contributed by atoms with van der Waals surface area (Å²) in [5, 5.41) is 1.29. The Bertz CT molecular complexity index is 828. The number of carbonyl (C=O) groups is 1. The maximum atomic E-state index is 12.3. The second kappa shape index (κ2) is 6.67. The zero-order chi connectivity index (χ0) is 16.3. The Hall–Kier alpha value is -1.59. The summed E-state index contributed by atoms with van der Waals surface area (Å²) < 4.78 is 26.3. The standard InChI is InChI=1S/C16H18ClNO3S/c1-3-13(4-2)22(20,21)18-16(19)14-9-11-7-5-6-8-12(11)10-15(14)17/h3,7-10,13H,1,4-6H2,2H3,(H,18,19)/t13-/m0/s1. The summed E-state index contributed by atoms with van der Waals surface area (Å²) in [5.41, 5.74) is 0.162. The van der Waals surface area contributed by atoms with Gasteiger partial charge in [0.05, 0.1) is 15.8 Å². The maximum Gasteiger partial charge on any atom is 0.266 e. The Labute approximate surface area is 135 Å². The summed E-state index contributed by atoms with van der Waals surface area (Å²) in [6, 6.07) is 3.33. The van der Waals surface area contributed by atoms with Gasteiger partial charge in [-0.25, -0.2) is 13.1 Å². The molecule has 0 bridgehead atoms. The van der Waals surface area contributed by atoms with Gasteiger partial charge in [-0.3, -0.25) is 4.79 Å². The topological polar surface area (TPSA) is 63.2 Å². The van der Waals surface area contributed by atoms with Crippen LogP contribution in [0.5, 0.6) is 0 Å². The number of halogens is 1. The summed E-state index contributed by atoms with van der Waals surface area (Å²) in [7, 11) is -3.80. The van der Waals surface area contributed by atoms with Crippen LogP contribution in [0.1, 0.15) is 36.5 Å². The Morgan fingerprint density at radius 2 is 1.95 bits per heavy atom. The van der Waals surface area contributed by atoms with Crippen LogP contribution < -0.4 is 15.2 Å². The fourth-order valence-corrected chi connectivity index (χ4v) is 3.85. The normalized spacial score (nSPS) is 15.0. The zero-order valence-electron chi connectivity index (χ0n) is 12.3. The van der Waals surface area contributed by atoms with E-state index in [1.165, 1.54) is 6.08 Å². The molecule has 4 nitrogen and oxygen atoms in total. The van der Waals surface area contributed by atoms with Crippen molar-refractivity contribution in [3.05, 3.63) is 45.8 Å². The van der Waals surface area contributed by atoms with Crippen molar-refractivity contribution in [2.45, 2.75) is 31.4 Å². The maximum absolute atomic E-state index is 12.3. The highest BCUT2D eigenvalue weighted by atomic mass is 35.5. The SMILES string of the molecule is C=C[C@@H](CC)S(=O)(=O)NC(=O)c1cc2c(cc1Cl)=CCCC=2. The molecule has 1 aliphatic carbocycles. The minimum atomic E-state index is -3.80. The summed E-state index contributed by atoms with van der Waals surface area (Å²) in [5.74, 6) is -0.716. The van der Waals surface area contributed by atoms with Crippen LogP contribution in [0.25, 0.3) is 12.2 Å². The highest BCUT2D eigenvalue weighted by Crippen LogP contribution is 2.14. The highest BCUT2D eigenvalue weighted by Gasteiger charge is 2.24. The molecule has 1 aromatic rings. The van der Waals surface area contributed by atoms with E-state index in [1.807, 2.05) is 12.2 Å².